The summed E-state index contributed by atoms with van der Waals surface area (Å²) >= 11 is 0. The lowest BCUT2D eigenvalue weighted by molar-refractivity contribution is -0.136. The molecule has 3 aliphatic heterocycles. The van der Waals surface area contributed by atoms with Crippen molar-refractivity contribution in [2.24, 2.45) is 0 Å². The third-order valence-corrected chi connectivity index (χ3v) is 6.60. The van der Waals surface area contributed by atoms with Gasteiger partial charge in [-0.15, -0.1) is 0 Å². The van der Waals surface area contributed by atoms with E-state index in [0.717, 1.165) is 49.7 Å². The third-order valence-electron chi connectivity index (χ3n) is 6.60. The van der Waals surface area contributed by atoms with Gasteiger partial charge >= 0.3 is 0 Å². The number of piperidine rings is 1. The number of morpholine rings is 1. The number of nitrogens with one attached hydrogen (secondary N) is 2. The Morgan fingerprint density at radius 3 is 2.52 bits per heavy atom. The van der Waals surface area contributed by atoms with Gasteiger partial charge in [-0.05, 0) is 29.7 Å². The molecule has 0 radical (unpaired) electrons. The Labute approximate surface area is 192 Å². The number of hydrogen-bond acceptors (Lipinski definition) is 6. The van der Waals surface area contributed by atoms with Gasteiger partial charge in [0.15, 0.2) is 0 Å². The SMILES string of the molecule is O=C1CCC(N2Cc3c(NCc4ccc(CN5CCOCC5)cc4)cccc3C2=O)C(=O)N1. The maximum absolute atomic E-state index is 13.0. The number of ether oxygens (including phenoxy) is 1. The summed E-state index contributed by atoms with van der Waals surface area (Å²) in [6.45, 7) is 5.47. The fourth-order valence-corrected chi connectivity index (χ4v) is 4.73. The van der Waals surface area contributed by atoms with Crippen LogP contribution in [0.15, 0.2) is 42.5 Å². The van der Waals surface area contributed by atoms with E-state index in [-0.39, 0.29) is 24.1 Å². The number of imide groups is 1. The first-order valence-corrected chi connectivity index (χ1v) is 11.5. The van der Waals surface area contributed by atoms with Crippen molar-refractivity contribution in [3.8, 4) is 0 Å². The number of amides is 3. The Balaban J connectivity index is 1.23. The zero-order valence-corrected chi connectivity index (χ0v) is 18.5. The highest BCUT2D eigenvalue weighted by molar-refractivity contribution is 6.06. The van der Waals surface area contributed by atoms with E-state index in [4.69, 9.17) is 4.74 Å². The summed E-state index contributed by atoms with van der Waals surface area (Å²) in [5.41, 5.74) is 4.85. The monoisotopic (exact) mass is 448 g/mol. The zero-order valence-electron chi connectivity index (χ0n) is 18.5. The second-order valence-corrected chi connectivity index (χ2v) is 8.79. The molecule has 3 heterocycles. The molecular weight excluding hydrogens is 420 g/mol. The van der Waals surface area contributed by atoms with Gasteiger partial charge in [-0.2, -0.15) is 0 Å². The van der Waals surface area contributed by atoms with E-state index in [9.17, 15) is 14.4 Å². The molecule has 3 aliphatic rings. The summed E-state index contributed by atoms with van der Waals surface area (Å²) < 4.78 is 5.41. The number of hydrogen-bond donors (Lipinski definition) is 2. The first-order chi connectivity index (χ1) is 16.1. The van der Waals surface area contributed by atoms with Crippen molar-refractivity contribution in [1.29, 1.82) is 0 Å². The summed E-state index contributed by atoms with van der Waals surface area (Å²) in [5.74, 6) is -0.826. The Morgan fingerprint density at radius 2 is 1.76 bits per heavy atom. The normalized spacial score (nSPS) is 21.2. The van der Waals surface area contributed by atoms with Crippen LogP contribution in [-0.4, -0.2) is 59.9 Å². The second-order valence-electron chi connectivity index (χ2n) is 8.79. The van der Waals surface area contributed by atoms with Crippen LogP contribution in [0.1, 0.15) is 39.9 Å². The number of fused-ring (bicyclic) bond motifs is 1. The molecule has 2 N–H and O–H groups in total. The fourth-order valence-electron chi connectivity index (χ4n) is 4.73. The summed E-state index contributed by atoms with van der Waals surface area (Å²) in [4.78, 5) is 40.7. The third kappa shape index (κ3) is 4.62. The lowest BCUT2D eigenvalue weighted by atomic mass is 10.0. The van der Waals surface area contributed by atoms with Crippen LogP contribution < -0.4 is 10.6 Å². The van der Waals surface area contributed by atoms with Crippen LogP contribution in [0.2, 0.25) is 0 Å². The van der Waals surface area contributed by atoms with Crippen LogP contribution in [0.3, 0.4) is 0 Å². The van der Waals surface area contributed by atoms with E-state index in [2.05, 4.69) is 39.8 Å². The van der Waals surface area contributed by atoms with Crippen molar-refractivity contribution in [3.63, 3.8) is 0 Å². The van der Waals surface area contributed by atoms with Crippen LogP contribution in [-0.2, 0) is 34.0 Å². The van der Waals surface area contributed by atoms with Gasteiger partial charge in [0.2, 0.25) is 11.8 Å². The van der Waals surface area contributed by atoms with Crippen molar-refractivity contribution in [3.05, 3.63) is 64.7 Å². The number of nitrogens with zero attached hydrogens (tertiary/aromatic N) is 2. The van der Waals surface area contributed by atoms with Gasteiger partial charge < -0.3 is 15.0 Å². The van der Waals surface area contributed by atoms with Crippen LogP contribution in [0.25, 0.3) is 0 Å². The smallest absolute Gasteiger partial charge is 0.255 e. The van der Waals surface area contributed by atoms with Gasteiger partial charge in [0.05, 0.1) is 13.2 Å². The molecule has 0 aliphatic carbocycles. The molecule has 2 aromatic carbocycles. The van der Waals surface area contributed by atoms with E-state index < -0.39 is 6.04 Å². The van der Waals surface area contributed by atoms with Crippen LogP contribution in [0, 0.1) is 0 Å². The summed E-state index contributed by atoms with van der Waals surface area (Å²) in [6, 6.07) is 13.6. The average molecular weight is 449 g/mol. The molecule has 0 saturated carbocycles. The molecule has 2 saturated heterocycles. The molecule has 0 spiro atoms. The summed E-state index contributed by atoms with van der Waals surface area (Å²) in [6.07, 6.45) is 0.618. The van der Waals surface area contributed by atoms with E-state index in [1.807, 2.05) is 12.1 Å². The number of benzene rings is 2. The molecule has 1 atom stereocenters. The first-order valence-electron chi connectivity index (χ1n) is 11.5. The van der Waals surface area contributed by atoms with Crippen LogP contribution in [0.5, 0.6) is 0 Å². The quantitative estimate of drug-likeness (QED) is 0.656. The van der Waals surface area contributed by atoms with E-state index in [1.54, 1.807) is 11.0 Å². The highest BCUT2D eigenvalue weighted by Crippen LogP contribution is 2.32. The van der Waals surface area contributed by atoms with Gasteiger partial charge in [-0.25, -0.2) is 0 Å². The predicted molar refractivity (Wildman–Crippen MR) is 122 cm³/mol. The van der Waals surface area contributed by atoms with Crippen molar-refractivity contribution in [2.45, 2.75) is 38.5 Å². The molecule has 0 aromatic heterocycles. The van der Waals surface area contributed by atoms with Crippen molar-refractivity contribution >= 4 is 23.4 Å². The van der Waals surface area contributed by atoms with Crippen molar-refractivity contribution in [2.75, 3.05) is 31.6 Å². The minimum absolute atomic E-state index is 0.157. The molecular formula is C25H28N4O4. The number of carbonyl (C=O) groups is 3. The predicted octanol–water partition coefficient (Wildman–Crippen LogP) is 1.89. The molecule has 33 heavy (non-hydrogen) atoms. The summed E-state index contributed by atoms with van der Waals surface area (Å²) in [7, 11) is 0. The lowest BCUT2D eigenvalue weighted by Crippen LogP contribution is -2.52. The molecule has 0 bridgehead atoms. The minimum Gasteiger partial charge on any atom is -0.381 e. The standard InChI is InChI=1S/C25H28N4O4/c30-23-9-8-22(24(31)27-23)29-16-20-19(25(29)32)2-1-3-21(20)26-14-17-4-6-18(7-5-17)15-28-10-12-33-13-11-28/h1-7,22,26H,8-16H2,(H,27,30,31). The lowest BCUT2D eigenvalue weighted by Gasteiger charge is -2.29. The molecule has 172 valence electrons. The second kappa shape index (κ2) is 9.33. The minimum atomic E-state index is -0.602. The first kappa shape index (κ1) is 21.6. The van der Waals surface area contributed by atoms with Crippen LogP contribution >= 0.6 is 0 Å². The molecule has 5 rings (SSSR count). The zero-order chi connectivity index (χ0) is 22.8. The van der Waals surface area contributed by atoms with Gasteiger partial charge in [-0.1, -0.05) is 30.3 Å². The van der Waals surface area contributed by atoms with Crippen molar-refractivity contribution < 1.29 is 19.1 Å². The Hall–Kier alpha value is -3.23. The number of anilines is 1. The van der Waals surface area contributed by atoms with Gasteiger partial charge in [-0.3, -0.25) is 24.6 Å². The number of rotatable bonds is 6. The maximum Gasteiger partial charge on any atom is 0.255 e. The average Bonchev–Trinajstić information content (AvgIpc) is 3.16. The molecule has 3 amide bonds. The van der Waals surface area contributed by atoms with Gasteiger partial charge in [0.1, 0.15) is 6.04 Å². The molecule has 8 nitrogen and oxygen atoms in total. The van der Waals surface area contributed by atoms with Gasteiger partial charge in [0, 0.05) is 56.0 Å². The highest BCUT2D eigenvalue weighted by atomic mass is 16.5. The Bertz CT molecular complexity index is 1060. The highest BCUT2D eigenvalue weighted by Gasteiger charge is 2.39. The van der Waals surface area contributed by atoms with Gasteiger partial charge in [0.25, 0.3) is 5.91 Å². The largest absolute Gasteiger partial charge is 0.381 e. The number of carbonyl (C=O) groups excluding carboxylic acids is 3. The van der Waals surface area contributed by atoms with E-state index in [1.165, 1.54) is 5.56 Å². The van der Waals surface area contributed by atoms with Crippen molar-refractivity contribution in [1.82, 2.24) is 15.1 Å². The molecule has 8 heteroatoms. The Morgan fingerprint density at radius 1 is 1.00 bits per heavy atom. The van der Waals surface area contributed by atoms with E-state index in [0.29, 0.717) is 25.1 Å². The molecule has 2 fully saturated rings. The summed E-state index contributed by atoms with van der Waals surface area (Å²) in [5, 5.41) is 5.81. The molecule has 1 unspecified atom stereocenters. The fraction of sp³-hybridized carbons (Fsp3) is 0.400. The molecule has 2 aromatic rings. The Kier molecular flexibility index (Phi) is 6.11. The van der Waals surface area contributed by atoms with E-state index >= 15 is 0 Å². The topological polar surface area (TPSA) is 91.0 Å². The maximum atomic E-state index is 13.0. The van der Waals surface area contributed by atoms with Crippen LogP contribution in [0.4, 0.5) is 5.69 Å².